The lowest BCUT2D eigenvalue weighted by atomic mass is 9.69. The molecule has 10 fully saturated rings. The van der Waals surface area contributed by atoms with Crippen LogP contribution in [0.1, 0.15) is 377 Å². The second-order valence-electron chi connectivity index (χ2n) is 45.8. The van der Waals surface area contributed by atoms with Crippen molar-refractivity contribution in [3.8, 4) is 0 Å². The van der Waals surface area contributed by atoms with Crippen molar-refractivity contribution in [2.45, 2.75) is 379 Å². The van der Waals surface area contributed by atoms with Crippen LogP contribution in [0.15, 0.2) is 133 Å². The third-order valence-electron chi connectivity index (χ3n) is 35.2. The number of allylic oxidation sites excluding steroid dienone is 3. The molecule has 15 heteroatoms. The van der Waals surface area contributed by atoms with Crippen LogP contribution in [0, 0.1) is 192 Å². The van der Waals surface area contributed by atoms with Crippen molar-refractivity contribution in [3.05, 3.63) is 207 Å². The molecule has 0 spiro atoms. The zero-order valence-corrected chi connectivity index (χ0v) is 91.7. The number of isothiocyanates is 2. The largest absolute Gasteiger partial charge is 0.398 e. The summed E-state index contributed by atoms with van der Waals surface area (Å²) in [7, 11) is 0. The summed E-state index contributed by atoms with van der Waals surface area (Å²) in [5.41, 5.74) is 39.5. The molecule has 9 nitrogen and oxygen atoms in total. The van der Waals surface area contributed by atoms with E-state index in [0.29, 0.717) is 5.56 Å². The summed E-state index contributed by atoms with van der Waals surface area (Å²) < 4.78 is 28.4. The molecule has 0 atom stereocenters. The molecule has 2 heterocycles. The number of imidazole rings is 2. The van der Waals surface area contributed by atoms with Gasteiger partial charge in [0, 0.05) is 36.2 Å². The van der Waals surface area contributed by atoms with Crippen molar-refractivity contribution in [1.82, 2.24) is 19.1 Å². The quantitative estimate of drug-likeness (QED) is 0.0295. The van der Waals surface area contributed by atoms with Crippen LogP contribution < -0.4 is 17.2 Å². The van der Waals surface area contributed by atoms with E-state index in [1.165, 1.54) is 372 Å². The van der Waals surface area contributed by atoms with Crippen molar-refractivity contribution in [2.75, 3.05) is 17.2 Å². The lowest BCUT2D eigenvalue weighted by Crippen LogP contribution is -2.25. The normalized spacial score (nSPS) is 27.9. The van der Waals surface area contributed by atoms with Gasteiger partial charge in [-0.3, -0.25) is 0 Å². The number of nitrogens with two attached hydrogens (primary N) is 3. The zero-order valence-electron chi connectivity index (χ0n) is 88.5. The van der Waals surface area contributed by atoms with E-state index in [1.54, 1.807) is 53.5 Å². The van der Waals surface area contributed by atoms with Gasteiger partial charge in [0.05, 0.1) is 45.3 Å². The van der Waals surface area contributed by atoms with Gasteiger partial charge in [-0.15, -0.1) is 6.58 Å². The van der Waals surface area contributed by atoms with Gasteiger partial charge in [-0.1, -0.05) is 204 Å². The Morgan fingerprint density at radius 2 is 0.590 bits per heavy atom. The van der Waals surface area contributed by atoms with Gasteiger partial charge >= 0.3 is 0 Å². The van der Waals surface area contributed by atoms with Crippen LogP contribution in [-0.2, 0) is 12.8 Å². The fraction of sp³-hybridized carbons (Fsp3) is 0.629. The molecule has 0 saturated heterocycles. The number of aliphatic imine (C=N–C) groups is 2. The standard InChI is InChI=1S/C24H35NS.C24H33NS.C23H37N.C23H35N.C15H26.C7H7F2N.2C4H4N2S/c2*1-17-4-10-22(11-5-17)23-12-8-20(9-13-23)6-7-21-14-18(2)24(25-16-26)19(3)15-21;2*1-16-4-10-21(11-5-16)22-12-8-19(9-13-22)6-7-20-14-17(2)23(24)18(3)15-20;1-3-13-6-10-15(11-7-13)14-8-4-12(2)5-9-14;1-4-2-5(8)7(10)6(9)3-4;2*7-4-6-2-1-5-3-6/h14-15,17,20,22-23H,4-13H2,1-3H3;6-7,14-15,17,20,22-23H,4-5,8-13H2,1-3H3;14-16,19,21-22H,4-13,24H2,1-3H3;6-7,14-16,19,21-22H,4-5,8-13,24H2,1-3H3;3,12-15H,1,4-11H2,2H3;2-3H,10H2,1H3;2*1-4H/b;7-6+;;7-6+;;;;. The third-order valence-corrected chi connectivity index (χ3v) is 35.8. The van der Waals surface area contributed by atoms with Crippen LogP contribution in [0.4, 0.5) is 37.2 Å². The van der Waals surface area contributed by atoms with Gasteiger partial charge in [-0.25, -0.2) is 18.7 Å². The molecule has 0 unspecified atom stereocenters. The predicted molar refractivity (Wildman–Crippen MR) is 608 cm³/mol. The van der Waals surface area contributed by atoms with Crippen LogP contribution in [0.25, 0.3) is 12.2 Å². The molecule has 6 N–H and O–H groups in total. The second kappa shape index (κ2) is 59.9. The molecule has 139 heavy (non-hydrogen) atoms. The van der Waals surface area contributed by atoms with Gasteiger partial charge in [0.25, 0.3) is 0 Å². The molecular formula is C124H181F2N9S4. The first kappa shape index (κ1) is 114. The summed E-state index contributed by atoms with van der Waals surface area (Å²) in [5.74, 6) is 18.2. The first-order valence-corrected chi connectivity index (χ1v) is 56.9. The summed E-state index contributed by atoms with van der Waals surface area (Å²) >= 11 is 18.7. The lowest BCUT2D eigenvalue weighted by Gasteiger charge is -2.37. The molecule has 5 aromatic carbocycles. The average molecular weight is 1960 g/mol. The summed E-state index contributed by atoms with van der Waals surface area (Å²) in [6, 6.07) is 20.4. The Hall–Kier alpha value is -7.22. The maximum atomic E-state index is 12.5. The van der Waals surface area contributed by atoms with Crippen LogP contribution in [0.2, 0.25) is 0 Å². The Morgan fingerprint density at radius 3 is 0.842 bits per heavy atom. The molecular weight excluding hydrogens is 1780 g/mol. The molecule has 17 rings (SSSR count). The van der Waals surface area contributed by atoms with Crippen molar-refractivity contribution < 1.29 is 8.78 Å². The van der Waals surface area contributed by atoms with Gasteiger partial charge in [-0.2, -0.15) is 9.98 Å². The summed E-state index contributed by atoms with van der Waals surface area (Å²) in [6.07, 6.45) is 85.9. The van der Waals surface area contributed by atoms with E-state index in [0.717, 1.165) is 141 Å². The van der Waals surface area contributed by atoms with E-state index in [9.17, 15) is 8.78 Å². The first-order chi connectivity index (χ1) is 66.9. The van der Waals surface area contributed by atoms with Gasteiger partial charge in [-0.05, 0) is 506 Å². The number of anilines is 3. The Balaban J connectivity index is 0.000000170. The minimum Gasteiger partial charge on any atom is -0.398 e. The van der Waals surface area contributed by atoms with Crippen molar-refractivity contribution in [3.63, 3.8) is 0 Å². The Kier molecular flexibility index (Phi) is 49.0. The van der Waals surface area contributed by atoms with Crippen LogP contribution in [-0.4, -0.2) is 40.4 Å². The number of aryl methyl sites for hydroxylation is 11. The Bertz CT molecular complexity index is 4800. The SMILES string of the molecule is C=CC1CCC(C2CCC(C)CC2)CC1.Cc1cc(/C=C/C2CCC(C3CCC(C)CC3)CC2)cc(C)c1N.Cc1cc(/C=C/C2CCC(C3CCC(C)CC3)CC2)cc(C)c1N=C=S.Cc1cc(CCC2CCC(C3CCC(C)CC3)CC2)cc(C)c1N.Cc1cc(CCC2CCC(C3CCC(C)CC3)CC2)cc(C)c1N=C=S.Cc1cc(F)c(N)c(F)c1.S=Cn1ccnc1.S=Cn1ccnc1. The zero-order chi connectivity index (χ0) is 99.9. The predicted octanol–water partition coefficient (Wildman–Crippen LogP) is 36.3. The first-order valence-electron chi connectivity index (χ1n) is 55.1. The molecule has 7 aromatic rings. The number of rotatable bonds is 20. The molecule has 2 aromatic heterocycles. The summed E-state index contributed by atoms with van der Waals surface area (Å²) in [4.78, 5) is 15.9. The summed E-state index contributed by atoms with van der Waals surface area (Å²) in [5, 5.41) is 5.00. The highest BCUT2D eigenvalue weighted by Gasteiger charge is 2.36. The third kappa shape index (κ3) is 38.0. The lowest BCUT2D eigenvalue weighted by molar-refractivity contribution is 0.148. The fourth-order valence-corrected chi connectivity index (χ4v) is 26.2. The number of hydrogen-bond acceptors (Lipinski definition) is 11. The molecule has 10 saturated carbocycles. The van der Waals surface area contributed by atoms with Gasteiger partial charge < -0.3 is 26.3 Å². The van der Waals surface area contributed by atoms with E-state index < -0.39 is 17.3 Å². The van der Waals surface area contributed by atoms with Crippen LogP contribution in [0.5, 0.6) is 0 Å². The Labute approximate surface area is 864 Å². The molecule has 0 bridgehead atoms. The molecule has 0 aliphatic heterocycles. The monoisotopic (exact) mass is 1960 g/mol. The number of nitrogen functional groups attached to an aromatic ring is 3. The van der Waals surface area contributed by atoms with Crippen LogP contribution in [0.3, 0.4) is 0 Å². The van der Waals surface area contributed by atoms with Crippen LogP contribution >= 0.6 is 48.9 Å². The second-order valence-corrected chi connectivity index (χ2v) is 46.6. The number of hydrogen-bond donors (Lipinski definition) is 3. The average Bonchev–Trinajstić information content (AvgIpc) is 1.78. The molecule has 0 amide bonds. The topological polar surface area (TPSA) is 138 Å². The maximum Gasteiger partial charge on any atom is 0.149 e. The van der Waals surface area contributed by atoms with E-state index in [2.05, 4.69) is 230 Å². The number of thiocarbonyl (C=S) groups is 4. The van der Waals surface area contributed by atoms with Gasteiger partial charge in [0.15, 0.2) is 0 Å². The molecule has 760 valence electrons. The number of halogens is 2. The van der Waals surface area contributed by atoms with Crippen molar-refractivity contribution in [2.24, 2.45) is 128 Å². The summed E-state index contributed by atoms with van der Waals surface area (Å²) in [6.45, 7) is 34.7. The highest BCUT2D eigenvalue weighted by Crippen LogP contribution is 2.49. The Morgan fingerprint density at radius 1 is 0.345 bits per heavy atom. The molecule has 10 aliphatic carbocycles. The van der Waals surface area contributed by atoms with E-state index in [4.69, 9.17) is 41.6 Å². The minimum atomic E-state index is -0.697. The smallest absolute Gasteiger partial charge is 0.149 e. The molecule has 10 aliphatic rings. The van der Waals surface area contributed by atoms with E-state index >= 15 is 0 Å². The highest BCUT2D eigenvalue weighted by molar-refractivity contribution is 7.79. The van der Waals surface area contributed by atoms with E-state index in [-0.39, 0.29) is 0 Å². The molecule has 0 radical (unpaired) electrons. The number of nitrogens with zero attached hydrogens (tertiary/aromatic N) is 6. The van der Waals surface area contributed by atoms with Crippen molar-refractivity contribution >= 4 is 111 Å². The number of aromatic nitrogens is 4. The minimum absolute atomic E-state index is 0.411. The maximum absolute atomic E-state index is 12.5. The number of benzene rings is 5. The van der Waals surface area contributed by atoms with Crippen molar-refractivity contribution in [1.29, 1.82) is 0 Å². The highest BCUT2D eigenvalue weighted by atomic mass is 32.1. The van der Waals surface area contributed by atoms with Gasteiger partial charge in [0.1, 0.15) is 17.3 Å². The fourth-order valence-electron chi connectivity index (χ4n) is 25.8. The van der Waals surface area contributed by atoms with E-state index in [1.807, 2.05) is 0 Å². The van der Waals surface area contributed by atoms with Gasteiger partial charge in [0.2, 0.25) is 0 Å².